The maximum absolute atomic E-state index is 14.1. The number of hydrogen-bond acceptors (Lipinski definition) is 2. The maximum Gasteiger partial charge on any atom is 0.258 e. The molecular weight excluding hydrogens is 376 g/mol. The van der Waals surface area contributed by atoms with Crippen molar-refractivity contribution in [2.45, 2.75) is 13.0 Å². The Hall–Kier alpha value is -2.37. The topological polar surface area (TPSA) is 49.0 Å². The molecule has 2 aromatic carbocycles. The number of carbonyl (C=O) groups is 1. The lowest BCUT2D eigenvalue weighted by atomic mass is 10.0. The lowest BCUT2D eigenvalue weighted by Crippen LogP contribution is -2.36. The Morgan fingerprint density at radius 2 is 2.00 bits per heavy atom. The molecule has 0 atom stereocenters. The van der Waals surface area contributed by atoms with Gasteiger partial charge in [0.05, 0.1) is 16.3 Å². The molecule has 1 aliphatic heterocycles. The molecule has 0 radical (unpaired) electrons. The first-order chi connectivity index (χ1) is 12.5. The van der Waals surface area contributed by atoms with Crippen LogP contribution in [0.25, 0.3) is 11.3 Å². The van der Waals surface area contributed by atoms with E-state index in [1.54, 1.807) is 11.0 Å². The predicted molar refractivity (Wildman–Crippen MR) is 98.9 cm³/mol. The molecule has 1 aromatic heterocycles. The van der Waals surface area contributed by atoms with Crippen LogP contribution < -0.4 is 0 Å². The van der Waals surface area contributed by atoms with Crippen molar-refractivity contribution in [3.8, 4) is 11.3 Å². The molecule has 132 valence electrons. The summed E-state index contributed by atoms with van der Waals surface area (Å²) in [5.74, 6) is -1.03. The van der Waals surface area contributed by atoms with Gasteiger partial charge in [-0.1, -0.05) is 41.4 Å². The zero-order chi connectivity index (χ0) is 18.3. The standard InChI is InChI=1S/C19H14Cl2FN3O/c20-12-4-1-3-11(9-12)18-13-10-25(8-7-16(13)23-24-18)19(26)17-14(21)5-2-6-15(17)22/h1-6,9H,7-8,10H2,(H,23,24). The summed E-state index contributed by atoms with van der Waals surface area (Å²) in [6, 6.07) is 11.6. The normalized spacial score (nSPS) is 13.6. The Labute approximate surface area is 159 Å². The Morgan fingerprint density at radius 3 is 2.77 bits per heavy atom. The summed E-state index contributed by atoms with van der Waals surface area (Å²) in [6.07, 6.45) is 0.612. The molecule has 0 bridgehead atoms. The Kier molecular flexibility index (Phi) is 4.42. The fourth-order valence-electron chi connectivity index (χ4n) is 3.20. The minimum atomic E-state index is -0.615. The van der Waals surface area contributed by atoms with Crippen molar-refractivity contribution in [1.82, 2.24) is 15.1 Å². The third kappa shape index (κ3) is 2.97. The molecule has 0 aliphatic carbocycles. The van der Waals surface area contributed by atoms with Crippen LogP contribution in [0.5, 0.6) is 0 Å². The number of carbonyl (C=O) groups excluding carboxylic acids is 1. The Balaban J connectivity index is 1.68. The van der Waals surface area contributed by atoms with E-state index in [9.17, 15) is 9.18 Å². The summed E-state index contributed by atoms with van der Waals surface area (Å²) in [6.45, 7) is 0.796. The summed E-state index contributed by atoms with van der Waals surface area (Å²) >= 11 is 12.1. The van der Waals surface area contributed by atoms with Gasteiger partial charge >= 0.3 is 0 Å². The second kappa shape index (κ2) is 6.74. The van der Waals surface area contributed by atoms with Gasteiger partial charge in [0.2, 0.25) is 0 Å². The number of amides is 1. The Morgan fingerprint density at radius 1 is 1.19 bits per heavy atom. The summed E-state index contributed by atoms with van der Waals surface area (Å²) in [5, 5.41) is 8.15. The quantitative estimate of drug-likeness (QED) is 0.688. The minimum absolute atomic E-state index is 0.0922. The van der Waals surface area contributed by atoms with Gasteiger partial charge in [-0.3, -0.25) is 9.89 Å². The molecular formula is C19H14Cl2FN3O. The van der Waals surface area contributed by atoms with Gasteiger partial charge in [-0.15, -0.1) is 0 Å². The average molecular weight is 390 g/mol. The average Bonchev–Trinajstić information content (AvgIpc) is 3.04. The van der Waals surface area contributed by atoms with E-state index in [1.165, 1.54) is 18.2 Å². The van der Waals surface area contributed by atoms with Crippen molar-refractivity contribution < 1.29 is 9.18 Å². The second-order valence-corrected chi connectivity index (χ2v) is 6.96. The van der Waals surface area contributed by atoms with E-state index in [0.29, 0.717) is 24.5 Å². The van der Waals surface area contributed by atoms with Crippen LogP contribution in [0.15, 0.2) is 42.5 Å². The molecule has 4 nitrogen and oxygen atoms in total. The largest absolute Gasteiger partial charge is 0.334 e. The van der Waals surface area contributed by atoms with Gasteiger partial charge in [0.15, 0.2) is 0 Å². The molecule has 4 rings (SSSR count). The zero-order valence-corrected chi connectivity index (χ0v) is 15.1. The third-order valence-corrected chi connectivity index (χ3v) is 5.05. The maximum atomic E-state index is 14.1. The minimum Gasteiger partial charge on any atom is -0.334 e. The van der Waals surface area contributed by atoms with E-state index in [2.05, 4.69) is 10.2 Å². The van der Waals surface area contributed by atoms with Gasteiger partial charge < -0.3 is 4.90 Å². The second-order valence-electron chi connectivity index (χ2n) is 6.11. The van der Waals surface area contributed by atoms with Crippen LogP contribution in [0.1, 0.15) is 21.6 Å². The van der Waals surface area contributed by atoms with E-state index in [1.807, 2.05) is 18.2 Å². The number of H-pyrrole nitrogens is 1. The van der Waals surface area contributed by atoms with Crippen molar-refractivity contribution in [1.29, 1.82) is 0 Å². The highest BCUT2D eigenvalue weighted by molar-refractivity contribution is 6.33. The molecule has 26 heavy (non-hydrogen) atoms. The number of fused-ring (bicyclic) bond motifs is 1. The SMILES string of the molecule is O=C(c1c(F)cccc1Cl)N1CCc2[nH]nc(-c3cccc(Cl)c3)c2C1. The van der Waals surface area contributed by atoms with Crippen molar-refractivity contribution >= 4 is 29.1 Å². The van der Waals surface area contributed by atoms with E-state index in [-0.39, 0.29) is 10.6 Å². The number of aromatic amines is 1. The third-order valence-electron chi connectivity index (χ3n) is 4.50. The van der Waals surface area contributed by atoms with Crippen LogP contribution >= 0.6 is 23.2 Å². The summed E-state index contributed by atoms with van der Waals surface area (Å²) in [5.41, 5.74) is 3.42. The number of nitrogens with zero attached hydrogens (tertiary/aromatic N) is 2. The van der Waals surface area contributed by atoms with Gasteiger partial charge in [0, 0.05) is 41.4 Å². The number of halogens is 3. The van der Waals surface area contributed by atoms with E-state index >= 15 is 0 Å². The number of aromatic nitrogens is 2. The van der Waals surface area contributed by atoms with Crippen molar-refractivity contribution in [2.75, 3.05) is 6.54 Å². The Bertz CT molecular complexity index is 982. The number of rotatable bonds is 2. The van der Waals surface area contributed by atoms with E-state index in [0.717, 1.165) is 22.5 Å². The van der Waals surface area contributed by atoms with Gasteiger partial charge in [-0.05, 0) is 24.3 Å². The van der Waals surface area contributed by atoms with Crippen LogP contribution in [-0.2, 0) is 13.0 Å². The molecule has 0 saturated carbocycles. The zero-order valence-electron chi connectivity index (χ0n) is 13.6. The van der Waals surface area contributed by atoms with Gasteiger partial charge in [0.1, 0.15) is 5.82 Å². The van der Waals surface area contributed by atoms with E-state index in [4.69, 9.17) is 23.2 Å². The summed E-state index contributed by atoms with van der Waals surface area (Å²) in [7, 11) is 0. The molecule has 0 spiro atoms. The molecule has 0 fully saturated rings. The highest BCUT2D eigenvalue weighted by Crippen LogP contribution is 2.31. The first-order valence-electron chi connectivity index (χ1n) is 8.10. The fourth-order valence-corrected chi connectivity index (χ4v) is 3.64. The van der Waals surface area contributed by atoms with Crippen LogP contribution in [0, 0.1) is 5.82 Å². The molecule has 7 heteroatoms. The van der Waals surface area contributed by atoms with Crippen LogP contribution in [0.3, 0.4) is 0 Å². The lowest BCUT2D eigenvalue weighted by molar-refractivity contribution is 0.0730. The highest BCUT2D eigenvalue weighted by atomic mass is 35.5. The predicted octanol–water partition coefficient (Wildman–Crippen LogP) is 4.72. The van der Waals surface area contributed by atoms with E-state index < -0.39 is 11.7 Å². The molecule has 0 saturated heterocycles. The summed E-state index contributed by atoms with van der Waals surface area (Å²) < 4.78 is 14.1. The van der Waals surface area contributed by atoms with Crippen molar-refractivity contribution in [3.63, 3.8) is 0 Å². The number of nitrogens with one attached hydrogen (secondary N) is 1. The summed E-state index contributed by atoms with van der Waals surface area (Å²) in [4.78, 5) is 14.4. The molecule has 1 amide bonds. The first-order valence-corrected chi connectivity index (χ1v) is 8.85. The lowest BCUT2D eigenvalue weighted by Gasteiger charge is -2.27. The smallest absolute Gasteiger partial charge is 0.258 e. The number of hydrogen-bond donors (Lipinski definition) is 1. The molecule has 1 aliphatic rings. The van der Waals surface area contributed by atoms with Crippen LogP contribution in [-0.4, -0.2) is 27.5 Å². The van der Waals surface area contributed by atoms with Gasteiger partial charge in [-0.25, -0.2) is 4.39 Å². The van der Waals surface area contributed by atoms with Gasteiger partial charge in [-0.2, -0.15) is 5.10 Å². The number of benzene rings is 2. The fraction of sp³-hybridized carbons (Fsp3) is 0.158. The van der Waals surface area contributed by atoms with Crippen LogP contribution in [0.2, 0.25) is 10.0 Å². The first kappa shape index (κ1) is 17.1. The monoisotopic (exact) mass is 389 g/mol. The van der Waals surface area contributed by atoms with Gasteiger partial charge in [0.25, 0.3) is 5.91 Å². The molecule has 2 heterocycles. The molecule has 1 N–H and O–H groups in total. The molecule has 0 unspecified atom stereocenters. The van der Waals surface area contributed by atoms with Crippen molar-refractivity contribution in [3.05, 3.63) is 75.1 Å². The van der Waals surface area contributed by atoms with Crippen LogP contribution in [0.4, 0.5) is 4.39 Å². The van der Waals surface area contributed by atoms with Crippen molar-refractivity contribution in [2.24, 2.45) is 0 Å². The highest BCUT2D eigenvalue weighted by Gasteiger charge is 2.28. The molecule has 3 aromatic rings.